The van der Waals surface area contributed by atoms with Crippen LogP contribution in [0.5, 0.6) is 0 Å². The van der Waals surface area contributed by atoms with Crippen molar-refractivity contribution in [1.82, 2.24) is 15.2 Å². The van der Waals surface area contributed by atoms with Gasteiger partial charge >= 0.3 is 0 Å². The van der Waals surface area contributed by atoms with Crippen molar-refractivity contribution < 1.29 is 0 Å². The summed E-state index contributed by atoms with van der Waals surface area (Å²) in [5, 5.41) is 17.7. The average Bonchev–Trinajstić information content (AvgIpc) is 3.85. The number of para-hydroxylation sites is 2. The largest absolute Gasteiger partial charge is 0.350 e. The highest BCUT2D eigenvalue weighted by molar-refractivity contribution is 7.26. The van der Waals surface area contributed by atoms with Gasteiger partial charge in [-0.2, -0.15) is 0 Å². The third-order valence-electron chi connectivity index (χ3n) is 11.9. The van der Waals surface area contributed by atoms with Gasteiger partial charge in [0.1, 0.15) is 18.2 Å². The molecular weight excluding hydrogens is 725 g/mol. The lowest BCUT2D eigenvalue weighted by Crippen LogP contribution is -2.44. The zero-order chi connectivity index (χ0) is 38.2. The molecule has 2 atom stereocenters. The molecule has 58 heavy (non-hydrogen) atoms. The summed E-state index contributed by atoms with van der Waals surface area (Å²) in [6.07, 6.45) is -0.377. The molecule has 0 spiro atoms. The molecule has 0 amide bonds. The number of nitrogens with one attached hydrogen (secondary N) is 2. The standard InChI is InChI=1S/C53H36N4S/c1-3-14-34(15-4-1)51-54-52(37-27-29-40-35(31-37)26-25-33-13-7-8-18-39(33)40)56-53(55-51)44-22-11-21-43-49-41(20-12-24-48(49)58-50(43)44)36-28-30-47-45(32-36)42-19-9-10-23-46(42)57(47)38-16-5-2-6-17-38/h1-32,51-52,54H,(H,55,56). The van der Waals surface area contributed by atoms with E-state index in [2.05, 4.69) is 209 Å². The van der Waals surface area contributed by atoms with Crippen LogP contribution in [0, 0.1) is 0 Å². The number of nitrogens with zero attached hydrogens (tertiary/aromatic N) is 2. The summed E-state index contributed by atoms with van der Waals surface area (Å²) in [6, 6.07) is 70.3. The van der Waals surface area contributed by atoms with E-state index in [0.29, 0.717) is 0 Å². The lowest BCUT2D eigenvalue weighted by molar-refractivity contribution is 0.409. The highest BCUT2D eigenvalue weighted by Gasteiger charge is 2.27. The van der Waals surface area contributed by atoms with Crippen molar-refractivity contribution in [3.63, 3.8) is 0 Å². The second kappa shape index (κ2) is 13.3. The Balaban J connectivity index is 1.00. The van der Waals surface area contributed by atoms with Crippen LogP contribution < -0.4 is 10.6 Å². The number of rotatable bonds is 5. The number of hydrogen-bond donors (Lipinski definition) is 2. The SMILES string of the molecule is c1ccc(C2NC(c3cccc4c3sc3cccc(-c5ccc6c(c5)c5ccccc5n6-c5ccccc5)c34)=NC(c3ccc4c(ccc5ccccc54)c3)N2)cc1. The van der Waals surface area contributed by atoms with Crippen molar-refractivity contribution in [3.8, 4) is 16.8 Å². The van der Waals surface area contributed by atoms with Crippen LogP contribution in [-0.2, 0) is 0 Å². The summed E-state index contributed by atoms with van der Waals surface area (Å²) in [6.45, 7) is 0. The summed E-state index contributed by atoms with van der Waals surface area (Å²) >= 11 is 1.85. The Morgan fingerprint density at radius 3 is 2.09 bits per heavy atom. The molecule has 0 radical (unpaired) electrons. The smallest absolute Gasteiger partial charge is 0.133 e. The summed E-state index contributed by atoms with van der Waals surface area (Å²) in [4.78, 5) is 5.46. The first kappa shape index (κ1) is 33.1. The molecule has 12 rings (SSSR count). The molecule has 1 aliphatic heterocycles. The summed E-state index contributed by atoms with van der Waals surface area (Å²) in [7, 11) is 0. The highest BCUT2D eigenvalue weighted by atomic mass is 32.1. The molecule has 2 N–H and O–H groups in total. The number of fused-ring (bicyclic) bond motifs is 9. The predicted octanol–water partition coefficient (Wildman–Crippen LogP) is 13.5. The number of benzene rings is 9. The van der Waals surface area contributed by atoms with E-state index in [1.165, 1.54) is 85.9 Å². The molecule has 2 aromatic heterocycles. The zero-order valence-electron chi connectivity index (χ0n) is 31.4. The van der Waals surface area contributed by atoms with Crippen molar-refractivity contribution in [1.29, 1.82) is 0 Å². The minimum atomic E-state index is -0.248. The first-order valence-corrected chi connectivity index (χ1v) is 20.7. The Labute approximate surface area is 339 Å². The first-order chi connectivity index (χ1) is 28.7. The van der Waals surface area contributed by atoms with Crippen molar-refractivity contribution in [3.05, 3.63) is 211 Å². The Bertz CT molecular complexity index is 3420. The van der Waals surface area contributed by atoms with Crippen molar-refractivity contribution >= 4 is 80.7 Å². The van der Waals surface area contributed by atoms with Crippen LogP contribution in [0.25, 0.3) is 80.3 Å². The molecule has 11 aromatic rings. The summed E-state index contributed by atoms with van der Waals surface area (Å²) in [5.74, 6) is 0.894. The molecular formula is C53H36N4S. The fourth-order valence-electron chi connectivity index (χ4n) is 9.16. The molecule has 0 fully saturated rings. The van der Waals surface area contributed by atoms with E-state index in [-0.39, 0.29) is 12.3 Å². The number of hydrogen-bond acceptors (Lipinski definition) is 4. The van der Waals surface area contributed by atoms with Crippen molar-refractivity contribution in [2.24, 2.45) is 4.99 Å². The molecule has 274 valence electrons. The van der Waals surface area contributed by atoms with Crippen LogP contribution in [0.2, 0.25) is 0 Å². The van der Waals surface area contributed by atoms with E-state index in [1.807, 2.05) is 11.3 Å². The number of aliphatic imine (C=N–C) groups is 1. The van der Waals surface area contributed by atoms with Gasteiger partial charge in [-0.3, -0.25) is 5.32 Å². The Morgan fingerprint density at radius 2 is 1.19 bits per heavy atom. The zero-order valence-corrected chi connectivity index (χ0v) is 32.2. The Morgan fingerprint density at radius 1 is 0.483 bits per heavy atom. The monoisotopic (exact) mass is 760 g/mol. The molecule has 4 nitrogen and oxygen atoms in total. The van der Waals surface area contributed by atoms with Crippen molar-refractivity contribution in [2.75, 3.05) is 0 Å². The molecule has 0 saturated heterocycles. The number of amidine groups is 1. The fraction of sp³-hybridized carbons (Fsp3) is 0.0377. The van der Waals surface area contributed by atoms with Gasteiger partial charge in [0.15, 0.2) is 0 Å². The van der Waals surface area contributed by atoms with E-state index >= 15 is 0 Å². The van der Waals surface area contributed by atoms with E-state index in [4.69, 9.17) is 4.99 Å². The van der Waals surface area contributed by atoms with Crippen LogP contribution in [0.3, 0.4) is 0 Å². The van der Waals surface area contributed by atoms with Gasteiger partial charge in [-0.25, -0.2) is 4.99 Å². The van der Waals surface area contributed by atoms with Crippen LogP contribution >= 0.6 is 11.3 Å². The van der Waals surface area contributed by atoms with Crippen molar-refractivity contribution in [2.45, 2.75) is 12.3 Å². The Kier molecular flexibility index (Phi) is 7.58. The lowest BCUT2D eigenvalue weighted by atomic mass is 9.97. The number of thiophene rings is 1. The Hall–Kier alpha value is -7.05. The molecule has 9 aromatic carbocycles. The topological polar surface area (TPSA) is 41.4 Å². The lowest BCUT2D eigenvalue weighted by Gasteiger charge is -2.32. The van der Waals surface area contributed by atoms with Gasteiger partial charge in [0.05, 0.1) is 11.0 Å². The van der Waals surface area contributed by atoms with E-state index < -0.39 is 0 Å². The van der Waals surface area contributed by atoms with E-state index in [0.717, 1.165) is 17.0 Å². The molecule has 3 heterocycles. The van der Waals surface area contributed by atoms with Gasteiger partial charge in [-0.05, 0) is 92.3 Å². The summed E-state index contributed by atoms with van der Waals surface area (Å²) < 4.78 is 4.87. The van der Waals surface area contributed by atoms with Crippen LogP contribution in [0.4, 0.5) is 0 Å². The minimum Gasteiger partial charge on any atom is -0.350 e. The molecule has 2 unspecified atom stereocenters. The fourth-order valence-corrected chi connectivity index (χ4v) is 10.4. The summed E-state index contributed by atoms with van der Waals surface area (Å²) in [5.41, 5.74) is 9.46. The number of aromatic nitrogens is 1. The third-order valence-corrected chi connectivity index (χ3v) is 13.1. The maximum atomic E-state index is 5.46. The van der Waals surface area contributed by atoms with Crippen LogP contribution in [-0.4, -0.2) is 10.4 Å². The van der Waals surface area contributed by atoms with Gasteiger partial charge in [0.25, 0.3) is 0 Å². The second-order valence-electron chi connectivity index (χ2n) is 15.2. The molecule has 0 bridgehead atoms. The first-order valence-electron chi connectivity index (χ1n) is 19.9. The quantitative estimate of drug-likeness (QED) is 0.172. The van der Waals surface area contributed by atoms with Gasteiger partial charge in [0.2, 0.25) is 0 Å². The van der Waals surface area contributed by atoms with E-state index in [1.54, 1.807) is 0 Å². The average molecular weight is 761 g/mol. The van der Waals surface area contributed by atoms with E-state index in [9.17, 15) is 0 Å². The highest BCUT2D eigenvalue weighted by Crippen LogP contribution is 2.43. The van der Waals surface area contributed by atoms with Gasteiger partial charge in [-0.1, -0.05) is 146 Å². The second-order valence-corrected chi connectivity index (χ2v) is 16.2. The van der Waals surface area contributed by atoms with Crippen LogP contribution in [0.1, 0.15) is 29.0 Å². The molecule has 0 saturated carbocycles. The van der Waals surface area contributed by atoms with Gasteiger partial charge in [0, 0.05) is 42.2 Å². The predicted molar refractivity (Wildman–Crippen MR) is 245 cm³/mol. The normalized spacial score (nSPS) is 15.8. The van der Waals surface area contributed by atoms with Crippen LogP contribution in [0.15, 0.2) is 199 Å². The van der Waals surface area contributed by atoms with Gasteiger partial charge < -0.3 is 9.88 Å². The third kappa shape index (κ3) is 5.28. The maximum Gasteiger partial charge on any atom is 0.133 e. The maximum absolute atomic E-state index is 5.46. The molecule has 1 aliphatic rings. The van der Waals surface area contributed by atoms with Gasteiger partial charge in [-0.15, -0.1) is 11.3 Å². The molecule has 5 heteroatoms. The minimum absolute atomic E-state index is 0.129. The molecule has 0 aliphatic carbocycles.